The van der Waals surface area contributed by atoms with Crippen molar-refractivity contribution < 1.29 is 14.3 Å². The van der Waals surface area contributed by atoms with Crippen molar-refractivity contribution in [2.75, 3.05) is 31.7 Å². The predicted molar refractivity (Wildman–Crippen MR) is 74.6 cm³/mol. The van der Waals surface area contributed by atoms with Gasteiger partial charge in [0.15, 0.2) is 0 Å². The number of hydrogen-bond donors (Lipinski definition) is 0. The summed E-state index contributed by atoms with van der Waals surface area (Å²) in [6.07, 6.45) is 1.72. The maximum atomic E-state index is 11.5. The van der Waals surface area contributed by atoms with Crippen LogP contribution in [-0.2, 0) is 9.53 Å². The molecule has 1 aliphatic heterocycles. The fourth-order valence-corrected chi connectivity index (χ4v) is 2.46. The molecule has 1 aromatic carbocycles. The van der Waals surface area contributed by atoms with Crippen LogP contribution in [0.15, 0.2) is 24.3 Å². The number of ether oxygens (including phenoxy) is 2. The van der Waals surface area contributed by atoms with Crippen molar-refractivity contribution in [1.82, 2.24) is 0 Å². The van der Waals surface area contributed by atoms with Crippen LogP contribution < -0.4 is 9.64 Å². The van der Waals surface area contributed by atoms with Gasteiger partial charge in [-0.05, 0) is 44.0 Å². The molecule has 0 bridgehead atoms. The summed E-state index contributed by atoms with van der Waals surface area (Å²) in [6.45, 7) is 4.46. The number of carbonyl (C=O) groups excluding carboxylic acids is 1. The fraction of sp³-hybridized carbons (Fsp3) is 0.533. The summed E-state index contributed by atoms with van der Waals surface area (Å²) in [5.41, 5.74) is 1.19. The van der Waals surface area contributed by atoms with E-state index in [0.717, 1.165) is 31.7 Å². The molecular weight excluding hydrogens is 242 g/mol. The lowest BCUT2D eigenvalue weighted by Crippen LogP contribution is -2.36. The molecule has 1 aromatic rings. The Labute approximate surface area is 114 Å². The highest BCUT2D eigenvalue weighted by atomic mass is 16.5. The third-order valence-corrected chi connectivity index (χ3v) is 3.54. The van der Waals surface area contributed by atoms with E-state index in [2.05, 4.69) is 17.0 Å². The van der Waals surface area contributed by atoms with Gasteiger partial charge in [-0.25, -0.2) is 0 Å². The zero-order chi connectivity index (χ0) is 13.7. The summed E-state index contributed by atoms with van der Waals surface area (Å²) >= 11 is 0. The molecule has 1 fully saturated rings. The van der Waals surface area contributed by atoms with E-state index < -0.39 is 0 Å². The van der Waals surface area contributed by atoms with E-state index in [1.165, 1.54) is 12.8 Å². The molecule has 0 amide bonds. The summed E-state index contributed by atoms with van der Waals surface area (Å²) in [7, 11) is 1.46. The fourth-order valence-electron chi connectivity index (χ4n) is 2.46. The molecule has 0 atom stereocenters. The van der Waals surface area contributed by atoms with Crippen LogP contribution in [0.1, 0.15) is 19.8 Å². The van der Waals surface area contributed by atoms with Gasteiger partial charge in [0.25, 0.3) is 0 Å². The summed E-state index contributed by atoms with van der Waals surface area (Å²) in [4.78, 5) is 13.8. The van der Waals surface area contributed by atoms with Gasteiger partial charge < -0.3 is 14.4 Å². The van der Waals surface area contributed by atoms with Crippen molar-refractivity contribution in [2.45, 2.75) is 19.8 Å². The molecule has 1 saturated heterocycles. The summed E-state index contributed by atoms with van der Waals surface area (Å²) < 4.78 is 10.2. The van der Waals surface area contributed by atoms with Crippen LogP contribution in [0, 0.1) is 5.92 Å². The Bertz CT molecular complexity index is 408. The molecule has 0 radical (unpaired) electrons. The van der Waals surface area contributed by atoms with Crippen molar-refractivity contribution in [3.05, 3.63) is 24.3 Å². The highest BCUT2D eigenvalue weighted by Crippen LogP contribution is 2.25. The molecule has 0 spiro atoms. The van der Waals surface area contributed by atoms with E-state index in [0.29, 0.717) is 6.61 Å². The smallest absolute Gasteiger partial charge is 0.308 e. The van der Waals surface area contributed by atoms with Crippen LogP contribution in [-0.4, -0.2) is 32.8 Å². The molecule has 104 valence electrons. The average Bonchev–Trinajstić information content (AvgIpc) is 2.48. The van der Waals surface area contributed by atoms with Gasteiger partial charge >= 0.3 is 5.97 Å². The standard InChI is InChI=1S/C15H21NO3/c1-3-19-14-6-4-13(5-7-14)16-10-8-12(9-11-16)15(17)18-2/h4-7,12H,3,8-11H2,1-2H3. The monoisotopic (exact) mass is 263 g/mol. The lowest BCUT2D eigenvalue weighted by Gasteiger charge is -2.32. The Kier molecular flexibility index (Phi) is 4.66. The second-order valence-corrected chi connectivity index (χ2v) is 4.71. The van der Waals surface area contributed by atoms with E-state index in [4.69, 9.17) is 9.47 Å². The summed E-state index contributed by atoms with van der Waals surface area (Å²) in [5.74, 6) is 0.881. The number of nitrogens with zero attached hydrogens (tertiary/aromatic N) is 1. The SMILES string of the molecule is CCOc1ccc(N2CCC(C(=O)OC)CC2)cc1. The Morgan fingerprint density at radius 3 is 2.42 bits per heavy atom. The molecule has 0 N–H and O–H groups in total. The van der Waals surface area contributed by atoms with Crippen LogP contribution in [0.25, 0.3) is 0 Å². The van der Waals surface area contributed by atoms with Crippen molar-refractivity contribution in [1.29, 1.82) is 0 Å². The van der Waals surface area contributed by atoms with Gasteiger partial charge in [0.05, 0.1) is 19.6 Å². The first-order valence-corrected chi connectivity index (χ1v) is 6.80. The normalized spacial score (nSPS) is 16.2. The molecule has 19 heavy (non-hydrogen) atoms. The molecule has 1 aliphatic rings. The van der Waals surface area contributed by atoms with E-state index in [1.807, 2.05) is 19.1 Å². The van der Waals surface area contributed by atoms with Gasteiger partial charge in [-0.3, -0.25) is 4.79 Å². The highest BCUT2D eigenvalue weighted by Gasteiger charge is 2.25. The minimum absolute atomic E-state index is 0.0592. The Balaban J connectivity index is 1.92. The zero-order valence-corrected chi connectivity index (χ0v) is 11.6. The number of benzene rings is 1. The van der Waals surface area contributed by atoms with Crippen LogP contribution in [0.3, 0.4) is 0 Å². The largest absolute Gasteiger partial charge is 0.494 e. The van der Waals surface area contributed by atoms with E-state index in [1.54, 1.807) is 0 Å². The molecule has 0 unspecified atom stereocenters. The summed E-state index contributed by atoms with van der Waals surface area (Å²) in [6, 6.07) is 8.13. The number of hydrogen-bond acceptors (Lipinski definition) is 4. The van der Waals surface area contributed by atoms with Crippen molar-refractivity contribution >= 4 is 11.7 Å². The minimum atomic E-state index is -0.0775. The van der Waals surface area contributed by atoms with Gasteiger partial charge in [-0.15, -0.1) is 0 Å². The third kappa shape index (κ3) is 3.40. The first-order chi connectivity index (χ1) is 9.24. The van der Waals surface area contributed by atoms with Crippen LogP contribution >= 0.6 is 0 Å². The Hall–Kier alpha value is -1.71. The molecule has 0 saturated carbocycles. The molecule has 0 aromatic heterocycles. The number of anilines is 1. The van der Waals surface area contributed by atoms with E-state index in [-0.39, 0.29) is 11.9 Å². The molecular formula is C15H21NO3. The first-order valence-electron chi connectivity index (χ1n) is 6.80. The average molecular weight is 263 g/mol. The van der Waals surface area contributed by atoms with Gasteiger partial charge in [-0.1, -0.05) is 0 Å². The second kappa shape index (κ2) is 6.45. The highest BCUT2D eigenvalue weighted by molar-refractivity contribution is 5.72. The van der Waals surface area contributed by atoms with Crippen molar-refractivity contribution in [3.8, 4) is 5.75 Å². The zero-order valence-electron chi connectivity index (χ0n) is 11.6. The topological polar surface area (TPSA) is 38.8 Å². The van der Waals surface area contributed by atoms with Gasteiger partial charge in [0.1, 0.15) is 5.75 Å². The molecule has 1 heterocycles. The second-order valence-electron chi connectivity index (χ2n) is 4.71. The maximum absolute atomic E-state index is 11.5. The number of carbonyl (C=O) groups is 1. The quantitative estimate of drug-likeness (QED) is 0.782. The predicted octanol–water partition coefficient (Wildman–Crippen LogP) is 2.47. The van der Waals surface area contributed by atoms with Crippen molar-refractivity contribution in [3.63, 3.8) is 0 Å². The Morgan fingerprint density at radius 2 is 1.89 bits per heavy atom. The number of piperidine rings is 1. The van der Waals surface area contributed by atoms with Gasteiger partial charge in [-0.2, -0.15) is 0 Å². The maximum Gasteiger partial charge on any atom is 0.308 e. The Morgan fingerprint density at radius 1 is 1.26 bits per heavy atom. The molecule has 4 nitrogen and oxygen atoms in total. The van der Waals surface area contributed by atoms with E-state index in [9.17, 15) is 4.79 Å². The van der Waals surface area contributed by atoms with Crippen LogP contribution in [0.2, 0.25) is 0 Å². The number of methoxy groups -OCH3 is 1. The molecule has 2 rings (SSSR count). The van der Waals surface area contributed by atoms with Gasteiger partial charge in [0, 0.05) is 18.8 Å². The molecule has 4 heteroatoms. The van der Waals surface area contributed by atoms with Crippen LogP contribution in [0.4, 0.5) is 5.69 Å². The summed E-state index contributed by atoms with van der Waals surface area (Å²) in [5, 5.41) is 0. The molecule has 0 aliphatic carbocycles. The number of rotatable bonds is 4. The number of esters is 1. The van der Waals surface area contributed by atoms with Gasteiger partial charge in [0.2, 0.25) is 0 Å². The van der Waals surface area contributed by atoms with Crippen LogP contribution in [0.5, 0.6) is 5.75 Å². The first kappa shape index (κ1) is 13.7. The lowest BCUT2D eigenvalue weighted by molar-refractivity contribution is -0.146. The van der Waals surface area contributed by atoms with E-state index >= 15 is 0 Å². The lowest BCUT2D eigenvalue weighted by atomic mass is 9.96. The van der Waals surface area contributed by atoms with Crippen molar-refractivity contribution in [2.24, 2.45) is 5.92 Å². The minimum Gasteiger partial charge on any atom is -0.494 e. The third-order valence-electron chi connectivity index (χ3n) is 3.54.